The van der Waals surface area contributed by atoms with Gasteiger partial charge in [-0.1, -0.05) is 23.2 Å². The molecule has 1 aliphatic rings. The summed E-state index contributed by atoms with van der Waals surface area (Å²) < 4.78 is 5.31. The summed E-state index contributed by atoms with van der Waals surface area (Å²) in [6.45, 7) is 0.733. The minimum Gasteiger partial charge on any atom is -0.394 e. The van der Waals surface area contributed by atoms with Gasteiger partial charge in [0.25, 0.3) is 0 Å². The van der Waals surface area contributed by atoms with Crippen LogP contribution in [0.1, 0.15) is 6.42 Å². The monoisotopic (exact) mass is 276 g/mol. The maximum absolute atomic E-state index is 9.36. The van der Waals surface area contributed by atoms with Crippen LogP contribution in [0, 0.1) is 0 Å². The summed E-state index contributed by atoms with van der Waals surface area (Å²) in [5.74, 6) is 0.648. The largest absolute Gasteiger partial charge is 0.394 e. The molecule has 1 aromatic rings. The van der Waals surface area contributed by atoms with E-state index in [0.717, 1.165) is 6.42 Å². The molecule has 4 nitrogen and oxygen atoms in total. The van der Waals surface area contributed by atoms with Gasteiger partial charge in [0, 0.05) is 19.9 Å². The average molecular weight is 277 g/mol. The van der Waals surface area contributed by atoms with Gasteiger partial charge >= 0.3 is 0 Å². The fraction of sp³-hybridized carbons (Fsp3) is 0.545. The number of hydrogen-bond donors (Lipinski definition) is 1. The highest BCUT2D eigenvalue weighted by molar-refractivity contribution is 6.36. The molecule has 2 rings (SSSR count). The number of aliphatic hydroxyl groups excluding tert-OH is 1. The van der Waals surface area contributed by atoms with Crippen molar-refractivity contribution in [1.82, 2.24) is 4.98 Å². The minimum absolute atomic E-state index is 0.00822. The molecular formula is C11H14Cl2N2O2. The van der Waals surface area contributed by atoms with E-state index in [0.29, 0.717) is 22.4 Å². The van der Waals surface area contributed by atoms with Gasteiger partial charge in [-0.15, -0.1) is 0 Å². The van der Waals surface area contributed by atoms with Crippen LogP contribution in [-0.2, 0) is 4.74 Å². The first-order valence-corrected chi connectivity index (χ1v) is 6.12. The van der Waals surface area contributed by atoms with Crippen LogP contribution in [0.25, 0.3) is 0 Å². The summed E-state index contributed by atoms with van der Waals surface area (Å²) in [6, 6.07) is 1.64. The first kappa shape index (κ1) is 12.9. The number of rotatable bonds is 3. The molecule has 0 amide bonds. The number of anilines is 1. The smallest absolute Gasteiger partial charge is 0.147 e. The van der Waals surface area contributed by atoms with Gasteiger partial charge in [-0.05, 0) is 12.5 Å². The van der Waals surface area contributed by atoms with Gasteiger partial charge in [-0.2, -0.15) is 0 Å². The van der Waals surface area contributed by atoms with E-state index in [1.807, 2.05) is 4.90 Å². The van der Waals surface area contributed by atoms with Crippen LogP contribution in [0.15, 0.2) is 12.3 Å². The van der Waals surface area contributed by atoms with Crippen LogP contribution < -0.4 is 4.90 Å². The molecule has 1 fully saturated rings. The zero-order valence-corrected chi connectivity index (χ0v) is 10.9. The van der Waals surface area contributed by atoms with Gasteiger partial charge in [0.1, 0.15) is 5.82 Å². The molecule has 6 heteroatoms. The summed E-state index contributed by atoms with van der Waals surface area (Å²) in [7, 11) is 1.67. The zero-order valence-electron chi connectivity index (χ0n) is 9.44. The molecule has 0 spiro atoms. The Morgan fingerprint density at radius 1 is 1.59 bits per heavy atom. The lowest BCUT2D eigenvalue weighted by atomic mass is 10.2. The van der Waals surface area contributed by atoms with Crippen molar-refractivity contribution in [3.63, 3.8) is 0 Å². The number of hydrogen-bond acceptors (Lipinski definition) is 4. The van der Waals surface area contributed by atoms with Gasteiger partial charge < -0.3 is 14.7 Å². The van der Waals surface area contributed by atoms with Crippen LogP contribution in [0.3, 0.4) is 0 Å². The van der Waals surface area contributed by atoms with E-state index >= 15 is 0 Å². The van der Waals surface area contributed by atoms with Crippen molar-refractivity contribution >= 4 is 29.0 Å². The Bertz CT molecular complexity index is 403. The first-order chi connectivity index (χ1) is 8.15. The standard InChI is InChI=1S/C11H14Cl2N2O2/c1-17-9-3-8(6-16)15(5-9)11-10(13)2-7(12)4-14-11/h2,4,8-9,16H,3,5-6H2,1H3/t8-,9-/m0/s1. The SMILES string of the molecule is CO[C@H]1C[C@@H](CO)N(c2ncc(Cl)cc2Cl)C1. The third-order valence-corrected chi connectivity index (χ3v) is 3.47. The molecule has 2 heterocycles. The van der Waals surface area contributed by atoms with E-state index in [9.17, 15) is 5.11 Å². The maximum atomic E-state index is 9.36. The lowest BCUT2D eigenvalue weighted by molar-refractivity contribution is 0.115. The molecule has 0 radical (unpaired) electrons. The number of nitrogens with zero attached hydrogens (tertiary/aromatic N) is 2. The van der Waals surface area contributed by atoms with E-state index in [1.54, 1.807) is 19.4 Å². The van der Waals surface area contributed by atoms with Crippen LogP contribution in [0.5, 0.6) is 0 Å². The second-order valence-corrected chi connectivity index (χ2v) is 4.88. The lowest BCUT2D eigenvalue weighted by Gasteiger charge is -2.24. The van der Waals surface area contributed by atoms with Crippen molar-refractivity contribution in [3.8, 4) is 0 Å². The van der Waals surface area contributed by atoms with E-state index in [1.165, 1.54) is 0 Å². The molecule has 1 aliphatic heterocycles. The van der Waals surface area contributed by atoms with E-state index < -0.39 is 0 Å². The second-order valence-electron chi connectivity index (χ2n) is 4.04. The Hall–Kier alpha value is -0.550. The van der Waals surface area contributed by atoms with Gasteiger partial charge in [0.15, 0.2) is 0 Å². The topological polar surface area (TPSA) is 45.6 Å². The second kappa shape index (κ2) is 5.40. The average Bonchev–Trinajstić information content (AvgIpc) is 2.72. The summed E-state index contributed by atoms with van der Waals surface area (Å²) in [5, 5.41) is 10.4. The third kappa shape index (κ3) is 2.65. The highest BCUT2D eigenvalue weighted by Gasteiger charge is 2.33. The number of aromatic nitrogens is 1. The number of pyridine rings is 1. The fourth-order valence-corrected chi connectivity index (χ4v) is 2.58. The van der Waals surface area contributed by atoms with E-state index in [2.05, 4.69) is 4.98 Å². The van der Waals surface area contributed by atoms with Crippen molar-refractivity contribution in [2.24, 2.45) is 0 Å². The number of ether oxygens (including phenoxy) is 1. The number of halogens is 2. The zero-order chi connectivity index (χ0) is 12.4. The van der Waals surface area contributed by atoms with Crippen molar-refractivity contribution in [2.75, 3.05) is 25.2 Å². The predicted octanol–water partition coefficient (Wildman–Crippen LogP) is 1.97. The van der Waals surface area contributed by atoms with Crippen molar-refractivity contribution in [3.05, 3.63) is 22.3 Å². The fourth-order valence-electron chi connectivity index (χ4n) is 2.10. The molecule has 2 atom stereocenters. The van der Waals surface area contributed by atoms with Gasteiger partial charge in [-0.3, -0.25) is 0 Å². The molecular weight excluding hydrogens is 263 g/mol. The Morgan fingerprint density at radius 3 is 2.94 bits per heavy atom. The Labute approximate surface area is 110 Å². The van der Waals surface area contributed by atoms with Gasteiger partial charge in [-0.25, -0.2) is 4.98 Å². The molecule has 1 N–H and O–H groups in total. The predicted molar refractivity (Wildman–Crippen MR) is 67.9 cm³/mol. The Morgan fingerprint density at radius 2 is 2.35 bits per heavy atom. The van der Waals surface area contributed by atoms with Crippen molar-refractivity contribution < 1.29 is 9.84 Å². The highest BCUT2D eigenvalue weighted by Crippen LogP contribution is 2.32. The first-order valence-electron chi connectivity index (χ1n) is 5.37. The molecule has 1 aromatic heterocycles. The molecule has 0 saturated carbocycles. The third-order valence-electron chi connectivity index (χ3n) is 2.98. The molecule has 0 aromatic carbocycles. The van der Waals surface area contributed by atoms with Gasteiger partial charge in [0.05, 0.1) is 28.8 Å². The van der Waals surface area contributed by atoms with Crippen LogP contribution in [-0.4, -0.2) is 42.5 Å². The lowest BCUT2D eigenvalue weighted by Crippen LogP contribution is -2.33. The van der Waals surface area contributed by atoms with E-state index in [-0.39, 0.29) is 18.8 Å². The minimum atomic E-state index is -0.00822. The highest BCUT2D eigenvalue weighted by atomic mass is 35.5. The van der Waals surface area contributed by atoms with Crippen molar-refractivity contribution in [1.29, 1.82) is 0 Å². The quantitative estimate of drug-likeness (QED) is 0.917. The Kier molecular flexibility index (Phi) is 4.09. The molecule has 17 heavy (non-hydrogen) atoms. The molecule has 0 bridgehead atoms. The summed E-state index contributed by atoms with van der Waals surface area (Å²) >= 11 is 11.9. The normalized spacial score (nSPS) is 24.4. The van der Waals surface area contributed by atoms with Gasteiger partial charge in [0.2, 0.25) is 0 Å². The summed E-state index contributed by atoms with van der Waals surface area (Å²) in [5.41, 5.74) is 0. The van der Waals surface area contributed by atoms with Crippen LogP contribution in [0.2, 0.25) is 10.0 Å². The van der Waals surface area contributed by atoms with Crippen LogP contribution in [0.4, 0.5) is 5.82 Å². The van der Waals surface area contributed by atoms with E-state index in [4.69, 9.17) is 27.9 Å². The molecule has 94 valence electrons. The molecule has 1 saturated heterocycles. The maximum Gasteiger partial charge on any atom is 0.147 e. The van der Waals surface area contributed by atoms with Crippen LogP contribution >= 0.6 is 23.2 Å². The molecule has 0 aliphatic carbocycles. The summed E-state index contributed by atoms with van der Waals surface area (Å²) in [6.07, 6.45) is 2.42. The number of aliphatic hydroxyl groups is 1. The summed E-state index contributed by atoms with van der Waals surface area (Å²) in [4.78, 5) is 6.19. The Balaban J connectivity index is 2.26. The molecule has 0 unspecified atom stereocenters. The number of methoxy groups -OCH3 is 1. The van der Waals surface area contributed by atoms with Crippen molar-refractivity contribution in [2.45, 2.75) is 18.6 Å².